The van der Waals surface area contributed by atoms with E-state index in [-0.39, 0.29) is 10.6 Å². The zero-order valence-electron chi connectivity index (χ0n) is 16.4. The molecule has 6 heteroatoms. The van der Waals surface area contributed by atoms with Crippen LogP contribution in [0.4, 0.5) is 5.69 Å². The number of hydrogen-bond acceptors (Lipinski definition) is 4. The quantitative estimate of drug-likeness (QED) is 0.646. The third-order valence-corrected chi connectivity index (χ3v) is 5.68. The Hall–Kier alpha value is -2.63. The Balaban J connectivity index is 1.45. The van der Waals surface area contributed by atoms with Gasteiger partial charge in [0.15, 0.2) is 0 Å². The first-order chi connectivity index (χ1) is 14.2. The summed E-state index contributed by atoms with van der Waals surface area (Å²) in [5.74, 6) is 0. The number of anilines is 1. The third kappa shape index (κ3) is 4.86. The average molecular weight is 409 g/mol. The summed E-state index contributed by atoms with van der Waals surface area (Å²) in [5, 5.41) is 4.65. The number of halogens is 1. The Morgan fingerprint density at radius 2 is 1.48 bits per heavy atom. The van der Waals surface area contributed by atoms with Crippen molar-refractivity contribution in [1.29, 1.82) is 0 Å². The molecule has 0 aliphatic carbocycles. The van der Waals surface area contributed by atoms with Gasteiger partial charge in [0.25, 0.3) is 5.56 Å². The van der Waals surface area contributed by atoms with E-state index in [1.165, 1.54) is 10.2 Å². The highest BCUT2D eigenvalue weighted by molar-refractivity contribution is 6.33. The van der Waals surface area contributed by atoms with Crippen LogP contribution in [0.2, 0.25) is 5.02 Å². The van der Waals surface area contributed by atoms with Gasteiger partial charge in [0.1, 0.15) is 5.02 Å². The molecule has 1 aromatic heterocycles. The summed E-state index contributed by atoms with van der Waals surface area (Å²) < 4.78 is 1.43. The van der Waals surface area contributed by atoms with Crippen LogP contribution in [0.3, 0.4) is 0 Å². The van der Waals surface area contributed by atoms with Gasteiger partial charge in [-0.05, 0) is 17.5 Å². The summed E-state index contributed by atoms with van der Waals surface area (Å²) in [6.07, 6.45) is 2.76. The standard InChI is InChI=1S/C23H25ClN4O/c24-22-21(16-25-28(23(22)29)18-20-10-5-2-6-11-20)27-13-7-12-26(14-15-27)17-19-8-3-1-4-9-19/h1-6,8-11,16H,7,12-15,17-18H2. The fourth-order valence-electron chi connectivity index (χ4n) is 3.76. The molecule has 0 amide bonds. The van der Waals surface area contributed by atoms with Crippen LogP contribution < -0.4 is 10.5 Å². The second-order valence-corrected chi connectivity index (χ2v) is 7.77. The van der Waals surface area contributed by atoms with E-state index in [1.54, 1.807) is 6.20 Å². The van der Waals surface area contributed by atoms with Crippen molar-refractivity contribution in [1.82, 2.24) is 14.7 Å². The molecule has 0 bridgehead atoms. The minimum Gasteiger partial charge on any atom is -0.368 e. The van der Waals surface area contributed by atoms with E-state index in [9.17, 15) is 4.79 Å². The van der Waals surface area contributed by atoms with Crippen molar-refractivity contribution in [3.8, 4) is 0 Å². The summed E-state index contributed by atoms with van der Waals surface area (Å²) in [6.45, 7) is 5.02. The van der Waals surface area contributed by atoms with E-state index in [0.717, 1.165) is 50.4 Å². The van der Waals surface area contributed by atoms with Crippen molar-refractivity contribution in [3.05, 3.63) is 93.4 Å². The fraction of sp³-hybridized carbons (Fsp3) is 0.304. The lowest BCUT2D eigenvalue weighted by atomic mass is 10.2. The molecule has 2 heterocycles. The lowest BCUT2D eigenvalue weighted by molar-refractivity contribution is 0.285. The van der Waals surface area contributed by atoms with Gasteiger partial charge in [0, 0.05) is 32.7 Å². The van der Waals surface area contributed by atoms with Crippen LogP contribution in [0.25, 0.3) is 0 Å². The van der Waals surface area contributed by atoms with Gasteiger partial charge >= 0.3 is 0 Å². The van der Waals surface area contributed by atoms with Crippen LogP contribution in [0.5, 0.6) is 0 Å². The van der Waals surface area contributed by atoms with Gasteiger partial charge in [-0.2, -0.15) is 5.10 Å². The topological polar surface area (TPSA) is 41.4 Å². The molecule has 0 N–H and O–H groups in total. The van der Waals surface area contributed by atoms with Crippen molar-refractivity contribution in [3.63, 3.8) is 0 Å². The van der Waals surface area contributed by atoms with Gasteiger partial charge in [-0.15, -0.1) is 0 Å². The summed E-state index contributed by atoms with van der Waals surface area (Å²) >= 11 is 6.49. The molecule has 5 nitrogen and oxygen atoms in total. The Bertz CT molecular complexity index is 991. The molecule has 1 fully saturated rings. The normalized spacial score (nSPS) is 15.3. The molecule has 29 heavy (non-hydrogen) atoms. The molecule has 3 aromatic rings. The van der Waals surface area contributed by atoms with Gasteiger partial charge in [0.2, 0.25) is 0 Å². The Morgan fingerprint density at radius 1 is 0.828 bits per heavy atom. The molecule has 0 spiro atoms. The number of aromatic nitrogens is 2. The van der Waals surface area contributed by atoms with Crippen LogP contribution in [0, 0.1) is 0 Å². The highest BCUT2D eigenvalue weighted by Crippen LogP contribution is 2.23. The van der Waals surface area contributed by atoms with Crippen LogP contribution in [0.1, 0.15) is 17.5 Å². The zero-order chi connectivity index (χ0) is 20.1. The molecule has 0 unspecified atom stereocenters. The van der Waals surface area contributed by atoms with Gasteiger partial charge in [0.05, 0.1) is 18.4 Å². The van der Waals surface area contributed by atoms with E-state index in [4.69, 9.17) is 11.6 Å². The lowest BCUT2D eigenvalue weighted by Gasteiger charge is -2.24. The first-order valence-corrected chi connectivity index (χ1v) is 10.4. The first kappa shape index (κ1) is 19.7. The van der Waals surface area contributed by atoms with Crippen LogP contribution >= 0.6 is 11.6 Å². The highest BCUT2D eigenvalue weighted by atomic mass is 35.5. The monoisotopic (exact) mass is 408 g/mol. The summed E-state index contributed by atoms with van der Waals surface area (Å²) in [6, 6.07) is 20.3. The minimum absolute atomic E-state index is 0.238. The fourth-order valence-corrected chi connectivity index (χ4v) is 4.02. The first-order valence-electron chi connectivity index (χ1n) is 10.0. The van der Waals surface area contributed by atoms with Crippen LogP contribution in [-0.2, 0) is 13.1 Å². The van der Waals surface area contributed by atoms with Crippen molar-refractivity contribution in [2.75, 3.05) is 31.1 Å². The highest BCUT2D eigenvalue weighted by Gasteiger charge is 2.20. The number of nitrogens with zero attached hydrogens (tertiary/aromatic N) is 4. The Morgan fingerprint density at radius 3 is 2.17 bits per heavy atom. The predicted molar refractivity (Wildman–Crippen MR) is 118 cm³/mol. The molecule has 0 atom stereocenters. The maximum Gasteiger partial charge on any atom is 0.287 e. The van der Waals surface area contributed by atoms with E-state index < -0.39 is 0 Å². The number of benzene rings is 2. The summed E-state index contributed by atoms with van der Waals surface area (Å²) in [4.78, 5) is 17.4. The van der Waals surface area contributed by atoms with E-state index >= 15 is 0 Å². The van der Waals surface area contributed by atoms with E-state index in [0.29, 0.717) is 6.54 Å². The maximum absolute atomic E-state index is 12.8. The minimum atomic E-state index is -0.238. The molecule has 1 aliphatic rings. The van der Waals surface area contributed by atoms with Crippen LogP contribution in [-0.4, -0.2) is 40.9 Å². The number of hydrogen-bond donors (Lipinski definition) is 0. The Kier molecular flexibility index (Phi) is 6.27. The zero-order valence-corrected chi connectivity index (χ0v) is 17.1. The maximum atomic E-state index is 12.8. The largest absolute Gasteiger partial charge is 0.368 e. The van der Waals surface area contributed by atoms with E-state index in [1.807, 2.05) is 36.4 Å². The molecule has 0 radical (unpaired) electrons. The smallest absolute Gasteiger partial charge is 0.287 e. The van der Waals surface area contributed by atoms with Crippen molar-refractivity contribution >= 4 is 17.3 Å². The predicted octanol–water partition coefficient (Wildman–Crippen LogP) is 3.66. The Labute approximate surface area is 176 Å². The molecule has 150 valence electrons. The molecule has 2 aromatic carbocycles. The summed E-state index contributed by atoms with van der Waals surface area (Å²) in [5.41, 5.74) is 2.85. The molecular weight excluding hydrogens is 384 g/mol. The van der Waals surface area contributed by atoms with Crippen LogP contribution in [0.15, 0.2) is 71.7 Å². The number of rotatable bonds is 5. The second-order valence-electron chi connectivity index (χ2n) is 7.39. The molecule has 4 rings (SSSR count). The summed E-state index contributed by atoms with van der Waals surface area (Å²) in [7, 11) is 0. The molecule has 1 saturated heterocycles. The SMILES string of the molecule is O=c1c(Cl)c(N2CCCN(Cc3ccccc3)CC2)cnn1Cc1ccccc1. The van der Waals surface area contributed by atoms with Gasteiger partial charge in [-0.1, -0.05) is 72.3 Å². The second kappa shape index (κ2) is 9.25. The lowest BCUT2D eigenvalue weighted by Crippen LogP contribution is -2.33. The van der Waals surface area contributed by atoms with Crippen molar-refractivity contribution in [2.24, 2.45) is 0 Å². The van der Waals surface area contributed by atoms with Crippen molar-refractivity contribution in [2.45, 2.75) is 19.5 Å². The molecular formula is C23H25ClN4O. The van der Waals surface area contributed by atoms with Gasteiger partial charge in [-0.25, -0.2) is 4.68 Å². The molecule has 1 aliphatic heterocycles. The van der Waals surface area contributed by atoms with Gasteiger partial charge in [-0.3, -0.25) is 9.69 Å². The van der Waals surface area contributed by atoms with Gasteiger partial charge < -0.3 is 4.90 Å². The third-order valence-electron chi connectivity index (χ3n) is 5.32. The molecule has 0 saturated carbocycles. The van der Waals surface area contributed by atoms with E-state index in [2.05, 4.69) is 39.2 Å². The van der Waals surface area contributed by atoms with Crippen molar-refractivity contribution < 1.29 is 0 Å². The average Bonchev–Trinajstić information content (AvgIpc) is 2.99.